The fourth-order valence-corrected chi connectivity index (χ4v) is 1.64. The Balaban J connectivity index is 2.12. The number of rotatable bonds is 4. The highest BCUT2D eigenvalue weighted by atomic mass is 32.1. The number of hydrogen-bond acceptors (Lipinski definition) is 4. The van der Waals surface area contributed by atoms with Gasteiger partial charge in [-0.05, 0) is 24.3 Å². The highest BCUT2D eigenvalue weighted by Gasteiger charge is 2.03. The van der Waals surface area contributed by atoms with Gasteiger partial charge in [0.25, 0.3) is 0 Å². The molecule has 0 aliphatic heterocycles. The Morgan fingerprint density at radius 1 is 1.24 bits per heavy atom. The van der Waals surface area contributed by atoms with Gasteiger partial charge in [-0.2, -0.15) is 10.2 Å². The van der Waals surface area contributed by atoms with Gasteiger partial charge in [-0.3, -0.25) is 0 Å². The van der Waals surface area contributed by atoms with Gasteiger partial charge in [-0.15, -0.1) is 0 Å². The molecule has 5 heteroatoms. The normalized spacial score (nSPS) is 9.88. The third kappa shape index (κ3) is 2.98. The topological polar surface area (TPSA) is 63.8 Å². The van der Waals surface area contributed by atoms with Gasteiger partial charge in [-0.1, -0.05) is 24.4 Å². The van der Waals surface area contributed by atoms with Crippen molar-refractivity contribution in [3.8, 4) is 0 Å². The minimum atomic E-state index is 0.382. The number of thiocarbonyl (C=S) groups is 1. The monoisotopic (exact) mass is 244 g/mol. The number of para-hydroxylation sites is 1. The maximum Gasteiger partial charge on any atom is 0.106 e. The summed E-state index contributed by atoms with van der Waals surface area (Å²) in [5.74, 6) is 0. The van der Waals surface area contributed by atoms with E-state index in [1.54, 1.807) is 6.20 Å². The molecule has 2 rings (SSSR count). The van der Waals surface area contributed by atoms with E-state index in [0.29, 0.717) is 11.5 Å². The molecule has 0 bridgehead atoms. The van der Waals surface area contributed by atoms with Crippen LogP contribution in [-0.4, -0.2) is 15.2 Å². The first-order valence-electron chi connectivity index (χ1n) is 5.16. The fourth-order valence-electron chi connectivity index (χ4n) is 1.47. The lowest BCUT2D eigenvalue weighted by Crippen LogP contribution is -2.13. The molecule has 17 heavy (non-hydrogen) atoms. The summed E-state index contributed by atoms with van der Waals surface area (Å²) in [7, 11) is 0. The lowest BCUT2D eigenvalue weighted by Gasteiger charge is -2.10. The summed E-state index contributed by atoms with van der Waals surface area (Å²) in [6.45, 7) is 0.591. The molecule has 0 amide bonds. The van der Waals surface area contributed by atoms with E-state index in [9.17, 15) is 0 Å². The molecule has 0 saturated carbocycles. The molecule has 0 aliphatic carbocycles. The predicted octanol–water partition coefficient (Wildman–Crippen LogP) is 1.72. The third-order valence-corrected chi connectivity index (χ3v) is 2.50. The van der Waals surface area contributed by atoms with Crippen LogP contribution < -0.4 is 11.1 Å². The number of aromatic nitrogens is 2. The lowest BCUT2D eigenvalue weighted by molar-refractivity contribution is 0.925. The van der Waals surface area contributed by atoms with Crippen molar-refractivity contribution in [1.82, 2.24) is 10.2 Å². The largest absolute Gasteiger partial charge is 0.389 e. The molecule has 0 radical (unpaired) electrons. The summed E-state index contributed by atoms with van der Waals surface area (Å²) in [5, 5.41) is 11.0. The summed E-state index contributed by atoms with van der Waals surface area (Å²) in [6.07, 6.45) is 1.65. The number of nitrogens with one attached hydrogen (secondary N) is 1. The van der Waals surface area contributed by atoms with Gasteiger partial charge in [0.05, 0.1) is 12.2 Å². The Morgan fingerprint density at radius 3 is 2.76 bits per heavy atom. The van der Waals surface area contributed by atoms with Crippen molar-refractivity contribution >= 4 is 22.9 Å². The Bertz CT molecular complexity index is 513. The average molecular weight is 244 g/mol. The van der Waals surface area contributed by atoms with Crippen LogP contribution in [0.4, 0.5) is 5.69 Å². The molecule has 0 unspecified atom stereocenters. The maximum absolute atomic E-state index is 5.65. The molecule has 1 heterocycles. The van der Waals surface area contributed by atoms with E-state index in [-0.39, 0.29) is 0 Å². The van der Waals surface area contributed by atoms with Crippen molar-refractivity contribution in [2.75, 3.05) is 5.32 Å². The van der Waals surface area contributed by atoms with Crippen molar-refractivity contribution in [2.45, 2.75) is 6.54 Å². The van der Waals surface area contributed by atoms with Gasteiger partial charge in [0.1, 0.15) is 4.99 Å². The van der Waals surface area contributed by atoms with Gasteiger partial charge in [0, 0.05) is 17.4 Å². The van der Waals surface area contributed by atoms with Crippen LogP contribution in [0.2, 0.25) is 0 Å². The zero-order chi connectivity index (χ0) is 12.1. The molecule has 2 aromatic rings. The summed E-state index contributed by atoms with van der Waals surface area (Å²) in [4.78, 5) is 0.382. The first kappa shape index (κ1) is 11.5. The molecule has 0 saturated heterocycles. The minimum absolute atomic E-state index is 0.382. The Morgan fingerprint density at radius 2 is 2.06 bits per heavy atom. The number of hydrogen-bond donors (Lipinski definition) is 2. The molecule has 86 valence electrons. The number of nitrogens with two attached hydrogens (primary N) is 1. The molecule has 0 atom stereocenters. The number of benzene rings is 1. The standard InChI is InChI=1S/C12H12N4S/c13-12(17)10-5-1-2-6-11(10)14-8-9-4-3-7-15-16-9/h1-7,14H,8H2,(H2,13,17). The smallest absolute Gasteiger partial charge is 0.106 e. The van der Waals surface area contributed by atoms with Crippen LogP contribution in [0.3, 0.4) is 0 Å². The van der Waals surface area contributed by atoms with E-state index < -0.39 is 0 Å². The minimum Gasteiger partial charge on any atom is -0.389 e. The molecule has 1 aromatic carbocycles. The van der Waals surface area contributed by atoms with Crippen LogP contribution in [0.5, 0.6) is 0 Å². The predicted molar refractivity (Wildman–Crippen MR) is 71.7 cm³/mol. The van der Waals surface area contributed by atoms with Crippen LogP contribution in [-0.2, 0) is 6.54 Å². The zero-order valence-corrected chi connectivity index (χ0v) is 9.95. The van der Waals surface area contributed by atoms with Crippen LogP contribution in [0.25, 0.3) is 0 Å². The Labute approximate surface area is 105 Å². The van der Waals surface area contributed by atoms with Gasteiger partial charge < -0.3 is 11.1 Å². The van der Waals surface area contributed by atoms with Crippen molar-refractivity contribution in [3.63, 3.8) is 0 Å². The molecule has 4 nitrogen and oxygen atoms in total. The molecule has 0 aliphatic rings. The van der Waals surface area contributed by atoms with E-state index in [1.165, 1.54) is 0 Å². The van der Waals surface area contributed by atoms with Gasteiger partial charge in [-0.25, -0.2) is 0 Å². The van der Waals surface area contributed by atoms with E-state index in [4.69, 9.17) is 18.0 Å². The average Bonchev–Trinajstić information content (AvgIpc) is 2.38. The number of anilines is 1. The van der Waals surface area contributed by atoms with E-state index in [2.05, 4.69) is 15.5 Å². The molecular weight excluding hydrogens is 232 g/mol. The van der Waals surface area contributed by atoms with Gasteiger partial charge in [0.2, 0.25) is 0 Å². The van der Waals surface area contributed by atoms with E-state index >= 15 is 0 Å². The summed E-state index contributed by atoms with van der Waals surface area (Å²) in [6, 6.07) is 11.4. The SMILES string of the molecule is NC(=S)c1ccccc1NCc1cccnn1. The lowest BCUT2D eigenvalue weighted by atomic mass is 10.2. The van der Waals surface area contributed by atoms with Gasteiger partial charge in [0.15, 0.2) is 0 Å². The first-order valence-corrected chi connectivity index (χ1v) is 5.57. The molecule has 0 fully saturated rings. The van der Waals surface area contributed by atoms with Crippen LogP contribution in [0.15, 0.2) is 42.6 Å². The molecular formula is C12H12N4S. The fraction of sp³-hybridized carbons (Fsp3) is 0.0833. The summed E-state index contributed by atoms with van der Waals surface area (Å²) >= 11 is 4.99. The maximum atomic E-state index is 5.65. The van der Waals surface area contributed by atoms with Crippen LogP contribution >= 0.6 is 12.2 Å². The third-order valence-electron chi connectivity index (χ3n) is 2.28. The zero-order valence-electron chi connectivity index (χ0n) is 9.13. The van der Waals surface area contributed by atoms with Crippen LogP contribution in [0.1, 0.15) is 11.3 Å². The Kier molecular flexibility index (Phi) is 3.62. The first-order chi connectivity index (χ1) is 8.27. The quantitative estimate of drug-likeness (QED) is 0.802. The van der Waals surface area contributed by atoms with Gasteiger partial charge >= 0.3 is 0 Å². The van der Waals surface area contributed by atoms with Crippen molar-refractivity contribution in [2.24, 2.45) is 5.73 Å². The second-order valence-corrected chi connectivity index (χ2v) is 3.92. The van der Waals surface area contributed by atoms with Crippen molar-refractivity contribution in [3.05, 3.63) is 53.9 Å². The number of nitrogens with zero attached hydrogens (tertiary/aromatic N) is 2. The highest BCUT2D eigenvalue weighted by Crippen LogP contribution is 2.15. The van der Waals surface area contributed by atoms with Crippen molar-refractivity contribution in [1.29, 1.82) is 0 Å². The second kappa shape index (κ2) is 5.36. The molecule has 0 spiro atoms. The van der Waals surface area contributed by atoms with E-state index in [0.717, 1.165) is 16.9 Å². The summed E-state index contributed by atoms with van der Waals surface area (Å²) < 4.78 is 0. The highest BCUT2D eigenvalue weighted by molar-refractivity contribution is 7.80. The van der Waals surface area contributed by atoms with Crippen LogP contribution in [0, 0.1) is 0 Å². The van der Waals surface area contributed by atoms with Crippen molar-refractivity contribution < 1.29 is 0 Å². The van der Waals surface area contributed by atoms with E-state index in [1.807, 2.05) is 36.4 Å². The molecule has 1 aromatic heterocycles. The Hall–Kier alpha value is -2.01. The second-order valence-electron chi connectivity index (χ2n) is 3.48. The molecule has 3 N–H and O–H groups in total. The summed E-state index contributed by atoms with van der Waals surface area (Å²) in [5.41, 5.74) is 8.26.